The van der Waals surface area contributed by atoms with Crippen LogP contribution in [0.2, 0.25) is 0 Å². The van der Waals surface area contributed by atoms with Crippen molar-refractivity contribution in [2.24, 2.45) is 10.7 Å². The standard InChI is InChI=1S/C17H22N4O3.HI/c1-3-16-20-11(2)15(24-16)10-19-17(18)21-12-5-6-13-14(9-12)23-8-4-7-22-13;/h5-6,9H,3-4,7-8,10H2,1-2H3,(H3,18,19,21);1H. The van der Waals surface area contributed by atoms with Gasteiger partial charge in [0.05, 0.1) is 18.9 Å². The van der Waals surface area contributed by atoms with E-state index in [1.54, 1.807) is 0 Å². The van der Waals surface area contributed by atoms with Crippen LogP contribution in [0.1, 0.15) is 30.7 Å². The fourth-order valence-electron chi connectivity index (χ4n) is 2.37. The Morgan fingerprint density at radius 1 is 1.28 bits per heavy atom. The largest absolute Gasteiger partial charge is 0.490 e. The van der Waals surface area contributed by atoms with Gasteiger partial charge in [0.25, 0.3) is 0 Å². The van der Waals surface area contributed by atoms with Gasteiger partial charge >= 0.3 is 0 Å². The molecule has 3 rings (SSSR count). The maximum absolute atomic E-state index is 5.95. The SMILES string of the molecule is CCc1nc(C)c(CN=C(N)Nc2ccc3c(c2)OCCCO3)o1.I. The number of anilines is 1. The van der Waals surface area contributed by atoms with E-state index >= 15 is 0 Å². The van der Waals surface area contributed by atoms with Gasteiger partial charge in [-0.05, 0) is 19.1 Å². The summed E-state index contributed by atoms with van der Waals surface area (Å²) in [5, 5.41) is 3.05. The molecule has 1 aliphatic rings. The molecule has 0 fully saturated rings. The first-order valence-corrected chi connectivity index (χ1v) is 8.07. The summed E-state index contributed by atoms with van der Waals surface area (Å²) in [5.74, 6) is 3.21. The van der Waals surface area contributed by atoms with Gasteiger partial charge in [-0.3, -0.25) is 0 Å². The van der Waals surface area contributed by atoms with Gasteiger partial charge < -0.3 is 24.9 Å². The zero-order chi connectivity index (χ0) is 16.9. The van der Waals surface area contributed by atoms with Crippen molar-refractivity contribution in [2.75, 3.05) is 18.5 Å². The highest BCUT2D eigenvalue weighted by atomic mass is 127. The molecule has 25 heavy (non-hydrogen) atoms. The molecule has 1 aromatic carbocycles. The van der Waals surface area contributed by atoms with Crippen molar-refractivity contribution in [3.8, 4) is 11.5 Å². The number of nitrogens with two attached hydrogens (primary N) is 1. The Kier molecular flexibility index (Phi) is 6.91. The summed E-state index contributed by atoms with van der Waals surface area (Å²) >= 11 is 0. The lowest BCUT2D eigenvalue weighted by Gasteiger charge is -2.10. The van der Waals surface area contributed by atoms with E-state index in [1.807, 2.05) is 32.0 Å². The molecule has 1 aliphatic heterocycles. The van der Waals surface area contributed by atoms with E-state index < -0.39 is 0 Å². The molecule has 3 N–H and O–H groups in total. The summed E-state index contributed by atoms with van der Waals surface area (Å²) in [5.41, 5.74) is 7.60. The zero-order valence-electron chi connectivity index (χ0n) is 14.4. The van der Waals surface area contributed by atoms with Crippen LogP contribution in [0, 0.1) is 6.92 Å². The molecule has 2 heterocycles. The molecule has 0 saturated carbocycles. The topological polar surface area (TPSA) is 94.9 Å². The molecule has 0 radical (unpaired) electrons. The third-order valence-corrected chi connectivity index (χ3v) is 3.65. The molecule has 0 bridgehead atoms. The van der Waals surface area contributed by atoms with E-state index in [0.29, 0.717) is 37.4 Å². The highest BCUT2D eigenvalue weighted by Gasteiger charge is 2.11. The molecule has 7 nitrogen and oxygen atoms in total. The van der Waals surface area contributed by atoms with E-state index in [4.69, 9.17) is 19.6 Å². The Bertz CT molecular complexity index is 745. The smallest absolute Gasteiger partial charge is 0.194 e. The monoisotopic (exact) mass is 458 g/mol. The second kappa shape index (κ2) is 8.93. The second-order valence-corrected chi connectivity index (χ2v) is 5.51. The van der Waals surface area contributed by atoms with Crippen LogP contribution >= 0.6 is 24.0 Å². The number of ether oxygens (including phenoxy) is 2. The molecule has 136 valence electrons. The number of guanidine groups is 1. The molecule has 0 saturated heterocycles. The van der Waals surface area contributed by atoms with Gasteiger partial charge in [0.1, 0.15) is 12.3 Å². The Morgan fingerprint density at radius 3 is 2.76 bits per heavy atom. The van der Waals surface area contributed by atoms with Crippen molar-refractivity contribution in [1.82, 2.24) is 4.98 Å². The number of aryl methyl sites for hydroxylation is 2. The molecule has 0 spiro atoms. The van der Waals surface area contributed by atoms with Crippen molar-refractivity contribution in [1.29, 1.82) is 0 Å². The number of fused-ring (bicyclic) bond motifs is 1. The Balaban J connectivity index is 0.00000225. The van der Waals surface area contributed by atoms with Gasteiger partial charge in [-0.15, -0.1) is 24.0 Å². The van der Waals surface area contributed by atoms with Crippen LogP contribution in [0.3, 0.4) is 0 Å². The van der Waals surface area contributed by atoms with Crippen molar-refractivity contribution >= 4 is 35.6 Å². The van der Waals surface area contributed by atoms with Crippen molar-refractivity contribution in [3.63, 3.8) is 0 Å². The van der Waals surface area contributed by atoms with Gasteiger partial charge in [-0.1, -0.05) is 6.92 Å². The molecule has 0 amide bonds. The van der Waals surface area contributed by atoms with Gasteiger partial charge in [-0.2, -0.15) is 0 Å². The highest BCUT2D eigenvalue weighted by molar-refractivity contribution is 14.0. The summed E-state index contributed by atoms with van der Waals surface area (Å²) in [6.45, 7) is 5.56. The number of benzene rings is 1. The predicted molar refractivity (Wildman–Crippen MR) is 107 cm³/mol. The van der Waals surface area contributed by atoms with Gasteiger partial charge in [0.15, 0.2) is 23.3 Å². The predicted octanol–water partition coefficient (Wildman–Crippen LogP) is 3.25. The van der Waals surface area contributed by atoms with E-state index in [1.165, 1.54) is 0 Å². The molecular formula is C17H23IN4O3. The number of rotatable bonds is 4. The fourth-order valence-corrected chi connectivity index (χ4v) is 2.37. The number of nitrogens with one attached hydrogen (secondary N) is 1. The molecule has 0 unspecified atom stereocenters. The fraction of sp³-hybridized carbons (Fsp3) is 0.412. The molecule has 1 aromatic heterocycles. The normalized spacial score (nSPS) is 13.8. The van der Waals surface area contributed by atoms with E-state index in [0.717, 1.165) is 35.7 Å². The lowest BCUT2D eigenvalue weighted by molar-refractivity contribution is 0.297. The van der Waals surface area contributed by atoms with Crippen LogP contribution < -0.4 is 20.5 Å². The first-order valence-electron chi connectivity index (χ1n) is 8.07. The number of hydrogen-bond acceptors (Lipinski definition) is 5. The van der Waals surface area contributed by atoms with Crippen LogP contribution in [-0.2, 0) is 13.0 Å². The number of aliphatic imine (C=N–C) groups is 1. The number of halogens is 1. The Morgan fingerprint density at radius 2 is 2.04 bits per heavy atom. The highest BCUT2D eigenvalue weighted by Crippen LogP contribution is 2.32. The average Bonchev–Trinajstić information content (AvgIpc) is 2.78. The summed E-state index contributed by atoms with van der Waals surface area (Å²) < 4.78 is 16.9. The minimum Gasteiger partial charge on any atom is -0.490 e. The molecule has 0 aliphatic carbocycles. The van der Waals surface area contributed by atoms with Crippen LogP contribution in [0.4, 0.5) is 5.69 Å². The van der Waals surface area contributed by atoms with Crippen LogP contribution in [0.15, 0.2) is 27.6 Å². The Hall–Kier alpha value is -1.97. The van der Waals surface area contributed by atoms with Gasteiger partial charge in [0.2, 0.25) is 0 Å². The summed E-state index contributed by atoms with van der Waals surface area (Å²) in [6.07, 6.45) is 1.63. The minimum absolute atomic E-state index is 0. The van der Waals surface area contributed by atoms with Gasteiger partial charge in [-0.25, -0.2) is 9.98 Å². The summed E-state index contributed by atoms with van der Waals surface area (Å²) in [7, 11) is 0. The first-order chi connectivity index (χ1) is 11.7. The third-order valence-electron chi connectivity index (χ3n) is 3.65. The van der Waals surface area contributed by atoms with Gasteiger partial charge in [0, 0.05) is 24.6 Å². The van der Waals surface area contributed by atoms with Crippen LogP contribution in [0.25, 0.3) is 0 Å². The van der Waals surface area contributed by atoms with Crippen LogP contribution in [-0.4, -0.2) is 24.2 Å². The molecular weight excluding hydrogens is 435 g/mol. The number of hydrogen-bond donors (Lipinski definition) is 2. The second-order valence-electron chi connectivity index (χ2n) is 5.51. The first kappa shape index (κ1) is 19.4. The molecule has 0 atom stereocenters. The molecule has 8 heteroatoms. The minimum atomic E-state index is 0. The zero-order valence-corrected chi connectivity index (χ0v) is 16.7. The number of oxazole rings is 1. The van der Waals surface area contributed by atoms with Crippen LogP contribution in [0.5, 0.6) is 11.5 Å². The Labute approximate surface area is 164 Å². The van der Waals surface area contributed by atoms with Crippen molar-refractivity contribution < 1.29 is 13.9 Å². The molecule has 2 aromatic rings. The third kappa shape index (κ3) is 5.00. The quantitative estimate of drug-likeness (QED) is 0.415. The maximum Gasteiger partial charge on any atom is 0.194 e. The van der Waals surface area contributed by atoms with E-state index in [2.05, 4.69) is 15.3 Å². The number of nitrogens with zero attached hydrogens (tertiary/aromatic N) is 2. The lowest BCUT2D eigenvalue weighted by Crippen LogP contribution is -2.22. The van der Waals surface area contributed by atoms with E-state index in [9.17, 15) is 0 Å². The lowest BCUT2D eigenvalue weighted by atomic mass is 10.3. The summed E-state index contributed by atoms with van der Waals surface area (Å²) in [4.78, 5) is 8.63. The average molecular weight is 458 g/mol. The van der Waals surface area contributed by atoms with E-state index in [-0.39, 0.29) is 24.0 Å². The van der Waals surface area contributed by atoms with Crippen molar-refractivity contribution in [3.05, 3.63) is 35.5 Å². The van der Waals surface area contributed by atoms with Crippen molar-refractivity contribution in [2.45, 2.75) is 33.2 Å². The number of aromatic nitrogens is 1. The summed E-state index contributed by atoms with van der Waals surface area (Å²) in [6, 6.07) is 5.60. The maximum atomic E-state index is 5.95.